The van der Waals surface area contributed by atoms with Gasteiger partial charge in [0, 0.05) is 12.6 Å². The lowest BCUT2D eigenvalue weighted by atomic mass is 10.2. The highest BCUT2D eigenvalue weighted by Crippen LogP contribution is 2.04. The van der Waals surface area contributed by atoms with Gasteiger partial charge in [-0.1, -0.05) is 0 Å². The Morgan fingerprint density at radius 2 is 2.62 bits per heavy atom. The molecule has 44 valence electrons. The minimum atomic E-state index is -0.928. The number of aliphatic imine (C=N–C) groups is 1. The van der Waals surface area contributed by atoms with Crippen molar-refractivity contribution in [3.8, 4) is 0 Å². The average molecular weight is 114 g/mol. The first-order chi connectivity index (χ1) is 3.79. The van der Waals surface area contributed by atoms with Crippen molar-refractivity contribution < 1.29 is 4.39 Å². The van der Waals surface area contributed by atoms with Crippen LogP contribution in [0.1, 0.15) is 6.42 Å². The molecular weight excluding hydrogens is 107 g/mol. The molecule has 1 aliphatic heterocycles. The molecule has 0 aromatic rings. The molecule has 0 saturated carbocycles. The fraction of sp³-hybridized carbons (Fsp3) is 0.400. The first kappa shape index (κ1) is 5.28. The first-order valence-electron chi connectivity index (χ1n) is 2.43. The fourth-order valence-corrected chi connectivity index (χ4v) is 0.514. The van der Waals surface area contributed by atoms with E-state index in [1.54, 1.807) is 6.08 Å². The molecule has 0 radical (unpaired) electrons. The minimum Gasteiger partial charge on any atom is -0.384 e. The Balaban J connectivity index is 2.58. The van der Waals surface area contributed by atoms with E-state index < -0.39 is 6.17 Å². The number of hydrogen-bond acceptors (Lipinski definition) is 2. The molecule has 8 heavy (non-hydrogen) atoms. The van der Waals surface area contributed by atoms with Gasteiger partial charge in [0.2, 0.25) is 0 Å². The Hall–Kier alpha value is -0.860. The number of allylic oxidation sites excluding steroid dienone is 1. The van der Waals surface area contributed by atoms with Crippen LogP contribution in [0, 0.1) is 0 Å². The van der Waals surface area contributed by atoms with Gasteiger partial charge in [-0.15, -0.1) is 0 Å². The monoisotopic (exact) mass is 114 g/mol. The van der Waals surface area contributed by atoms with E-state index in [9.17, 15) is 4.39 Å². The number of rotatable bonds is 0. The van der Waals surface area contributed by atoms with Crippen LogP contribution in [0.3, 0.4) is 0 Å². The van der Waals surface area contributed by atoms with Crippen LogP contribution in [0.25, 0.3) is 0 Å². The highest BCUT2D eigenvalue weighted by atomic mass is 19.1. The lowest BCUT2D eigenvalue weighted by molar-refractivity contribution is 0.430. The molecule has 0 aromatic heterocycles. The van der Waals surface area contributed by atoms with E-state index in [2.05, 4.69) is 4.99 Å². The molecule has 1 unspecified atom stereocenters. The highest BCUT2D eigenvalue weighted by Gasteiger charge is 2.03. The van der Waals surface area contributed by atoms with E-state index >= 15 is 0 Å². The second kappa shape index (κ2) is 1.94. The number of nitrogens with two attached hydrogens (primary N) is 1. The molecule has 0 aliphatic carbocycles. The van der Waals surface area contributed by atoms with Gasteiger partial charge in [-0.3, -0.25) is 0 Å². The summed E-state index contributed by atoms with van der Waals surface area (Å²) < 4.78 is 12.1. The molecule has 1 atom stereocenters. The van der Waals surface area contributed by atoms with E-state index in [-0.39, 0.29) is 0 Å². The third-order valence-corrected chi connectivity index (χ3v) is 0.938. The smallest absolute Gasteiger partial charge is 0.139 e. The molecule has 1 aliphatic rings. The third kappa shape index (κ3) is 1.05. The summed E-state index contributed by atoms with van der Waals surface area (Å²) in [4.78, 5) is 3.55. The van der Waals surface area contributed by atoms with E-state index in [1.165, 1.54) is 6.21 Å². The zero-order valence-electron chi connectivity index (χ0n) is 4.34. The molecule has 1 rings (SSSR count). The van der Waals surface area contributed by atoms with Gasteiger partial charge in [0.05, 0.1) is 0 Å². The number of nitrogens with zero attached hydrogens (tertiary/aromatic N) is 1. The summed E-state index contributed by atoms with van der Waals surface area (Å²) in [6.07, 6.45) is 2.23. The Morgan fingerprint density at radius 1 is 1.88 bits per heavy atom. The average Bonchev–Trinajstić information content (AvgIpc) is 1.77. The maximum absolute atomic E-state index is 12.1. The number of alkyl halides is 1. The molecule has 0 bridgehead atoms. The summed E-state index contributed by atoms with van der Waals surface area (Å²) in [5.74, 6) is 0.416. The summed E-state index contributed by atoms with van der Waals surface area (Å²) in [6, 6.07) is 0. The van der Waals surface area contributed by atoms with Crippen LogP contribution in [0.4, 0.5) is 4.39 Å². The van der Waals surface area contributed by atoms with Gasteiger partial charge in [-0.25, -0.2) is 9.38 Å². The normalized spacial score (nSPS) is 27.6. The van der Waals surface area contributed by atoms with Crippen molar-refractivity contribution in [3.05, 3.63) is 11.9 Å². The van der Waals surface area contributed by atoms with Crippen LogP contribution in [0.15, 0.2) is 16.9 Å². The van der Waals surface area contributed by atoms with Crippen molar-refractivity contribution in [2.24, 2.45) is 10.7 Å². The standard InChI is InChI=1S/C5H7FN2/c6-4-1-2-5(7)8-3-4/h2-4H,1,7H2. The molecule has 0 aromatic carbocycles. The molecule has 3 heteroatoms. The summed E-state index contributed by atoms with van der Waals surface area (Å²) in [6.45, 7) is 0. The van der Waals surface area contributed by atoms with Crippen molar-refractivity contribution in [1.82, 2.24) is 0 Å². The van der Waals surface area contributed by atoms with Gasteiger partial charge in [0.1, 0.15) is 12.0 Å². The fourth-order valence-electron chi connectivity index (χ4n) is 0.514. The molecule has 0 spiro atoms. The van der Waals surface area contributed by atoms with Crippen LogP contribution in [-0.4, -0.2) is 12.4 Å². The lowest BCUT2D eigenvalue weighted by Crippen LogP contribution is -2.08. The van der Waals surface area contributed by atoms with Crippen LogP contribution < -0.4 is 5.73 Å². The second-order valence-corrected chi connectivity index (χ2v) is 1.66. The molecule has 1 heterocycles. The summed E-state index contributed by atoms with van der Waals surface area (Å²) in [5, 5.41) is 0. The van der Waals surface area contributed by atoms with E-state index in [1.807, 2.05) is 0 Å². The molecule has 0 fully saturated rings. The maximum Gasteiger partial charge on any atom is 0.139 e. The number of hydrogen-bond donors (Lipinski definition) is 1. The highest BCUT2D eigenvalue weighted by molar-refractivity contribution is 5.65. The Bertz CT molecular complexity index is 139. The minimum absolute atomic E-state index is 0.370. The van der Waals surface area contributed by atoms with Crippen LogP contribution in [0.2, 0.25) is 0 Å². The Kier molecular flexibility index (Phi) is 1.28. The predicted molar refractivity (Wildman–Crippen MR) is 30.3 cm³/mol. The van der Waals surface area contributed by atoms with E-state index in [0.29, 0.717) is 12.2 Å². The van der Waals surface area contributed by atoms with Gasteiger partial charge in [0.15, 0.2) is 0 Å². The molecule has 0 amide bonds. The van der Waals surface area contributed by atoms with Crippen LogP contribution in [0.5, 0.6) is 0 Å². The molecular formula is C5H7FN2. The van der Waals surface area contributed by atoms with Gasteiger partial charge < -0.3 is 5.73 Å². The third-order valence-electron chi connectivity index (χ3n) is 0.938. The van der Waals surface area contributed by atoms with Crippen LogP contribution >= 0.6 is 0 Å². The van der Waals surface area contributed by atoms with Gasteiger partial charge in [-0.05, 0) is 6.08 Å². The Labute approximate surface area is 46.9 Å². The van der Waals surface area contributed by atoms with Crippen LogP contribution in [-0.2, 0) is 0 Å². The van der Waals surface area contributed by atoms with Gasteiger partial charge in [0.25, 0.3) is 0 Å². The molecule has 0 saturated heterocycles. The first-order valence-corrected chi connectivity index (χ1v) is 2.43. The summed E-state index contributed by atoms with van der Waals surface area (Å²) >= 11 is 0. The maximum atomic E-state index is 12.1. The van der Waals surface area contributed by atoms with Crippen molar-refractivity contribution in [1.29, 1.82) is 0 Å². The Morgan fingerprint density at radius 3 is 3.00 bits per heavy atom. The molecule has 2 N–H and O–H groups in total. The van der Waals surface area contributed by atoms with Crippen molar-refractivity contribution in [2.45, 2.75) is 12.6 Å². The summed E-state index contributed by atoms with van der Waals surface area (Å²) in [5.41, 5.74) is 5.19. The van der Waals surface area contributed by atoms with Gasteiger partial charge >= 0.3 is 0 Å². The lowest BCUT2D eigenvalue weighted by Gasteiger charge is -2.02. The quantitative estimate of drug-likeness (QED) is 0.492. The van der Waals surface area contributed by atoms with E-state index in [4.69, 9.17) is 5.73 Å². The zero-order chi connectivity index (χ0) is 5.98. The van der Waals surface area contributed by atoms with Crippen molar-refractivity contribution >= 4 is 6.21 Å². The van der Waals surface area contributed by atoms with Gasteiger partial charge in [-0.2, -0.15) is 0 Å². The van der Waals surface area contributed by atoms with Crippen molar-refractivity contribution in [3.63, 3.8) is 0 Å². The number of halogens is 1. The summed E-state index contributed by atoms with van der Waals surface area (Å²) in [7, 11) is 0. The largest absolute Gasteiger partial charge is 0.384 e. The molecule has 2 nitrogen and oxygen atoms in total. The topological polar surface area (TPSA) is 38.4 Å². The predicted octanol–water partition coefficient (Wildman–Crippen LogP) is 0.599. The van der Waals surface area contributed by atoms with Crippen molar-refractivity contribution in [2.75, 3.05) is 0 Å². The second-order valence-electron chi connectivity index (χ2n) is 1.66. The SMILES string of the molecule is NC1=CCC(F)C=N1. The van der Waals surface area contributed by atoms with E-state index in [0.717, 1.165) is 0 Å². The zero-order valence-corrected chi connectivity index (χ0v) is 4.34.